The summed E-state index contributed by atoms with van der Waals surface area (Å²) in [4.78, 5) is 11.9. The molecule has 0 N–H and O–H groups in total. The number of nitrogens with zero attached hydrogens (tertiary/aromatic N) is 2. The highest BCUT2D eigenvalue weighted by Gasteiger charge is 2.26. The number of hydrogen-bond acceptors (Lipinski definition) is 4. The van der Waals surface area contributed by atoms with Crippen LogP contribution in [0.1, 0.15) is 6.42 Å². The Bertz CT molecular complexity index is 215. The first-order valence-electron chi connectivity index (χ1n) is 3.74. The predicted octanol–water partition coefficient (Wildman–Crippen LogP) is 0.455. The molecule has 0 amide bonds. The second kappa shape index (κ2) is 3.42. The van der Waals surface area contributed by atoms with Crippen LogP contribution in [0.15, 0.2) is 12.0 Å². The third-order valence-corrected chi connectivity index (χ3v) is 1.93. The molecule has 1 rings (SSSR count). The highest BCUT2D eigenvalue weighted by atomic mass is 16.6. The molecule has 1 aliphatic rings. The zero-order chi connectivity index (χ0) is 9.14. The zero-order valence-electron chi connectivity index (χ0n) is 7.19. The molecule has 1 unspecified atom stereocenters. The molecule has 1 atom stereocenters. The van der Waals surface area contributed by atoms with E-state index < -0.39 is 6.04 Å². The summed E-state index contributed by atoms with van der Waals surface area (Å²) < 4.78 is 5.00. The Hall–Kier alpha value is -1.26. The summed E-state index contributed by atoms with van der Waals surface area (Å²) in [5.41, 5.74) is 0. The standard InChI is InChI=1S/C7H12N2O3/c1-8-5-6(9(10)11)3-4-7(8)12-2/h4,6H,3,5H2,1-2H3. The quantitative estimate of drug-likeness (QED) is 0.448. The molecule has 0 fully saturated rings. The number of methoxy groups -OCH3 is 1. The number of likely N-dealkylation sites (N-methyl/N-ethyl adjacent to an activating group) is 1. The van der Waals surface area contributed by atoms with Crippen LogP contribution >= 0.6 is 0 Å². The van der Waals surface area contributed by atoms with Crippen LogP contribution in [0.2, 0.25) is 0 Å². The average molecular weight is 172 g/mol. The van der Waals surface area contributed by atoms with Gasteiger partial charge in [0, 0.05) is 18.4 Å². The van der Waals surface area contributed by atoms with E-state index in [0.29, 0.717) is 18.8 Å². The number of rotatable bonds is 2. The van der Waals surface area contributed by atoms with Crippen LogP contribution in [0.3, 0.4) is 0 Å². The lowest BCUT2D eigenvalue weighted by Gasteiger charge is -2.26. The topological polar surface area (TPSA) is 55.6 Å². The molecule has 12 heavy (non-hydrogen) atoms. The van der Waals surface area contributed by atoms with E-state index in [-0.39, 0.29) is 4.92 Å². The summed E-state index contributed by atoms with van der Waals surface area (Å²) in [6, 6.07) is -0.492. The largest absolute Gasteiger partial charge is 0.483 e. The van der Waals surface area contributed by atoms with Crippen molar-refractivity contribution in [3.05, 3.63) is 22.1 Å². The van der Waals surface area contributed by atoms with Gasteiger partial charge in [0.05, 0.1) is 13.7 Å². The average Bonchev–Trinajstić information content (AvgIpc) is 2.04. The van der Waals surface area contributed by atoms with Crippen molar-refractivity contribution in [1.82, 2.24) is 4.90 Å². The Labute approximate surface area is 70.8 Å². The molecule has 0 bridgehead atoms. The molecule has 0 aromatic rings. The zero-order valence-corrected chi connectivity index (χ0v) is 7.19. The van der Waals surface area contributed by atoms with E-state index in [9.17, 15) is 10.1 Å². The lowest BCUT2D eigenvalue weighted by Crippen LogP contribution is -2.37. The van der Waals surface area contributed by atoms with Gasteiger partial charge in [0.2, 0.25) is 6.04 Å². The number of nitro groups is 1. The Kier molecular flexibility index (Phi) is 2.52. The van der Waals surface area contributed by atoms with Gasteiger partial charge in [0.15, 0.2) is 5.88 Å². The van der Waals surface area contributed by atoms with Crippen LogP contribution in [0.4, 0.5) is 0 Å². The fraction of sp³-hybridized carbons (Fsp3) is 0.714. The highest BCUT2D eigenvalue weighted by molar-refractivity contribution is 4.98. The summed E-state index contributed by atoms with van der Waals surface area (Å²) in [6.45, 7) is 0.423. The molecule has 0 spiro atoms. The molecule has 0 aromatic carbocycles. The Morgan fingerprint density at radius 3 is 2.92 bits per heavy atom. The van der Waals surface area contributed by atoms with Gasteiger partial charge in [-0.2, -0.15) is 0 Å². The molecular formula is C7H12N2O3. The molecule has 0 saturated carbocycles. The van der Waals surface area contributed by atoms with Crippen LogP contribution in [-0.2, 0) is 4.74 Å². The van der Waals surface area contributed by atoms with Gasteiger partial charge in [-0.1, -0.05) is 0 Å². The van der Waals surface area contributed by atoms with Crippen molar-refractivity contribution in [2.45, 2.75) is 12.5 Å². The van der Waals surface area contributed by atoms with Gasteiger partial charge in [-0.05, 0) is 6.08 Å². The van der Waals surface area contributed by atoms with Gasteiger partial charge in [-0.25, -0.2) is 0 Å². The van der Waals surface area contributed by atoms with Crippen molar-refractivity contribution in [3.63, 3.8) is 0 Å². The van der Waals surface area contributed by atoms with Gasteiger partial charge in [-0.15, -0.1) is 0 Å². The first-order chi connectivity index (χ1) is 5.65. The summed E-state index contributed by atoms with van der Waals surface area (Å²) in [7, 11) is 3.35. The molecule has 0 aliphatic carbocycles. The molecule has 0 radical (unpaired) electrons. The fourth-order valence-electron chi connectivity index (χ4n) is 1.27. The van der Waals surface area contributed by atoms with E-state index in [1.165, 1.54) is 0 Å². The Morgan fingerprint density at radius 1 is 1.83 bits per heavy atom. The maximum absolute atomic E-state index is 10.4. The highest BCUT2D eigenvalue weighted by Crippen LogP contribution is 2.14. The molecule has 1 heterocycles. The van der Waals surface area contributed by atoms with E-state index in [2.05, 4.69) is 0 Å². The molecule has 5 nitrogen and oxygen atoms in total. The van der Waals surface area contributed by atoms with Crippen LogP contribution < -0.4 is 0 Å². The van der Waals surface area contributed by atoms with E-state index in [1.54, 1.807) is 25.1 Å². The van der Waals surface area contributed by atoms with Crippen molar-refractivity contribution in [2.75, 3.05) is 20.7 Å². The number of hydrogen-bond donors (Lipinski definition) is 0. The van der Waals surface area contributed by atoms with Crippen LogP contribution in [-0.4, -0.2) is 36.6 Å². The van der Waals surface area contributed by atoms with E-state index in [0.717, 1.165) is 0 Å². The SMILES string of the molecule is COC1=CCC([N+](=O)[O-])CN1C. The first kappa shape index (κ1) is 8.83. The summed E-state index contributed by atoms with van der Waals surface area (Å²) in [6.07, 6.45) is 2.21. The minimum atomic E-state index is -0.492. The van der Waals surface area contributed by atoms with E-state index in [1.807, 2.05) is 0 Å². The predicted molar refractivity (Wildman–Crippen MR) is 43.1 cm³/mol. The third-order valence-electron chi connectivity index (χ3n) is 1.93. The Morgan fingerprint density at radius 2 is 2.50 bits per heavy atom. The van der Waals surface area contributed by atoms with Gasteiger partial charge in [0.25, 0.3) is 0 Å². The van der Waals surface area contributed by atoms with Crippen LogP contribution in [0.25, 0.3) is 0 Å². The van der Waals surface area contributed by atoms with Gasteiger partial charge >= 0.3 is 0 Å². The molecular weight excluding hydrogens is 160 g/mol. The minimum Gasteiger partial charge on any atom is -0.483 e. The monoisotopic (exact) mass is 172 g/mol. The van der Waals surface area contributed by atoms with Crippen molar-refractivity contribution >= 4 is 0 Å². The molecule has 0 saturated heterocycles. The number of ether oxygens (including phenoxy) is 1. The van der Waals surface area contributed by atoms with Crippen LogP contribution in [0, 0.1) is 10.1 Å². The third kappa shape index (κ3) is 1.66. The Balaban J connectivity index is 2.63. The van der Waals surface area contributed by atoms with Crippen molar-refractivity contribution in [1.29, 1.82) is 0 Å². The van der Waals surface area contributed by atoms with Crippen LogP contribution in [0.5, 0.6) is 0 Å². The van der Waals surface area contributed by atoms with Gasteiger partial charge < -0.3 is 9.64 Å². The van der Waals surface area contributed by atoms with E-state index >= 15 is 0 Å². The first-order valence-corrected chi connectivity index (χ1v) is 3.74. The molecule has 5 heteroatoms. The van der Waals surface area contributed by atoms with Gasteiger partial charge in [0.1, 0.15) is 0 Å². The summed E-state index contributed by atoms with van der Waals surface area (Å²) in [5, 5.41) is 10.4. The van der Waals surface area contributed by atoms with E-state index in [4.69, 9.17) is 4.74 Å². The smallest absolute Gasteiger partial charge is 0.234 e. The second-order valence-electron chi connectivity index (χ2n) is 2.80. The molecule has 1 aliphatic heterocycles. The molecule has 68 valence electrons. The van der Waals surface area contributed by atoms with Crippen molar-refractivity contribution in [2.24, 2.45) is 0 Å². The minimum absolute atomic E-state index is 0.251. The summed E-state index contributed by atoms with van der Waals surface area (Å²) in [5.74, 6) is 0.716. The summed E-state index contributed by atoms with van der Waals surface area (Å²) >= 11 is 0. The second-order valence-corrected chi connectivity index (χ2v) is 2.80. The normalized spacial score (nSPS) is 23.3. The van der Waals surface area contributed by atoms with Crippen molar-refractivity contribution in [3.8, 4) is 0 Å². The molecule has 0 aromatic heterocycles. The maximum atomic E-state index is 10.4. The van der Waals surface area contributed by atoms with Gasteiger partial charge in [-0.3, -0.25) is 10.1 Å². The van der Waals surface area contributed by atoms with Crippen molar-refractivity contribution < 1.29 is 9.66 Å². The fourth-order valence-corrected chi connectivity index (χ4v) is 1.27. The lowest BCUT2D eigenvalue weighted by atomic mass is 10.1. The lowest BCUT2D eigenvalue weighted by molar-refractivity contribution is -0.522. The maximum Gasteiger partial charge on any atom is 0.234 e.